The van der Waals surface area contributed by atoms with Crippen molar-refractivity contribution in [1.29, 1.82) is 0 Å². The van der Waals surface area contributed by atoms with Crippen LogP contribution < -0.4 is 20.5 Å². The number of methoxy groups -OCH3 is 1. The summed E-state index contributed by atoms with van der Waals surface area (Å²) >= 11 is 0. The van der Waals surface area contributed by atoms with Crippen molar-refractivity contribution >= 4 is 11.6 Å². The van der Waals surface area contributed by atoms with E-state index in [1.165, 1.54) is 5.56 Å². The summed E-state index contributed by atoms with van der Waals surface area (Å²) in [6, 6.07) is 15.6. The van der Waals surface area contributed by atoms with Crippen LogP contribution >= 0.6 is 0 Å². The van der Waals surface area contributed by atoms with Gasteiger partial charge in [0.1, 0.15) is 11.5 Å². The Morgan fingerprint density at radius 2 is 1.67 bits per heavy atom. The standard InChI is InChI=1S/C19H25N3O2/c1-15-5-9-18(10-6-15)24-14-4-3-13-21-19(20)22-16-7-11-17(23-2)12-8-16/h5-12H,3-4,13-14H2,1-2H3,(H3,20,21,22). The molecule has 0 aliphatic rings. The van der Waals surface area contributed by atoms with Gasteiger partial charge in [-0.05, 0) is 56.2 Å². The van der Waals surface area contributed by atoms with Crippen LogP contribution in [0.25, 0.3) is 0 Å². The highest BCUT2D eigenvalue weighted by Gasteiger charge is 1.97. The van der Waals surface area contributed by atoms with E-state index in [0.717, 1.165) is 30.0 Å². The second-order valence-corrected chi connectivity index (χ2v) is 5.49. The molecule has 5 heteroatoms. The molecule has 24 heavy (non-hydrogen) atoms. The zero-order valence-corrected chi connectivity index (χ0v) is 14.3. The monoisotopic (exact) mass is 327 g/mol. The summed E-state index contributed by atoms with van der Waals surface area (Å²) in [5.74, 6) is 2.13. The molecule has 0 saturated carbocycles. The van der Waals surface area contributed by atoms with Crippen LogP contribution in [0.2, 0.25) is 0 Å². The maximum absolute atomic E-state index is 5.87. The molecule has 0 heterocycles. The Kier molecular flexibility index (Phi) is 6.95. The minimum atomic E-state index is 0.416. The summed E-state index contributed by atoms with van der Waals surface area (Å²) in [7, 11) is 1.64. The Morgan fingerprint density at radius 3 is 2.33 bits per heavy atom. The molecule has 2 aromatic carbocycles. The first kappa shape index (κ1) is 17.7. The molecule has 2 rings (SSSR count). The molecule has 128 valence electrons. The van der Waals surface area contributed by atoms with Gasteiger partial charge in [-0.3, -0.25) is 4.99 Å². The summed E-state index contributed by atoms with van der Waals surface area (Å²) in [6.07, 6.45) is 1.87. The number of nitrogens with one attached hydrogen (secondary N) is 1. The molecule has 0 bridgehead atoms. The molecule has 0 unspecified atom stereocenters. The van der Waals surface area contributed by atoms with E-state index in [2.05, 4.69) is 17.2 Å². The molecule has 0 radical (unpaired) electrons. The van der Waals surface area contributed by atoms with E-state index in [1.807, 2.05) is 48.5 Å². The average molecular weight is 327 g/mol. The number of benzene rings is 2. The number of hydrogen-bond acceptors (Lipinski definition) is 3. The van der Waals surface area contributed by atoms with Crippen LogP contribution in [0.5, 0.6) is 11.5 Å². The molecule has 0 aliphatic carbocycles. The Bertz CT molecular complexity index is 637. The Hall–Kier alpha value is -2.69. The van der Waals surface area contributed by atoms with E-state index < -0.39 is 0 Å². The number of nitrogens with two attached hydrogens (primary N) is 1. The van der Waals surface area contributed by atoms with E-state index in [1.54, 1.807) is 7.11 Å². The first-order valence-electron chi connectivity index (χ1n) is 8.08. The van der Waals surface area contributed by atoms with Gasteiger partial charge in [-0.15, -0.1) is 0 Å². The van der Waals surface area contributed by atoms with Gasteiger partial charge in [-0.25, -0.2) is 0 Å². The number of aliphatic imine (C=N–C) groups is 1. The van der Waals surface area contributed by atoms with Crippen molar-refractivity contribution in [1.82, 2.24) is 0 Å². The molecule has 0 saturated heterocycles. The van der Waals surface area contributed by atoms with Crippen molar-refractivity contribution in [2.24, 2.45) is 10.7 Å². The molecule has 0 spiro atoms. The van der Waals surface area contributed by atoms with Gasteiger partial charge in [0.05, 0.1) is 13.7 Å². The van der Waals surface area contributed by atoms with Crippen molar-refractivity contribution in [2.45, 2.75) is 19.8 Å². The van der Waals surface area contributed by atoms with Crippen LogP contribution in [0.1, 0.15) is 18.4 Å². The smallest absolute Gasteiger partial charge is 0.193 e. The van der Waals surface area contributed by atoms with Gasteiger partial charge in [0.2, 0.25) is 0 Å². The number of ether oxygens (including phenoxy) is 2. The zero-order chi connectivity index (χ0) is 17.2. The number of unbranched alkanes of at least 4 members (excludes halogenated alkanes) is 1. The zero-order valence-electron chi connectivity index (χ0n) is 14.3. The van der Waals surface area contributed by atoms with Crippen LogP contribution in [0.4, 0.5) is 5.69 Å². The fraction of sp³-hybridized carbons (Fsp3) is 0.316. The molecule has 5 nitrogen and oxygen atoms in total. The lowest BCUT2D eigenvalue weighted by molar-refractivity contribution is 0.308. The second-order valence-electron chi connectivity index (χ2n) is 5.49. The minimum absolute atomic E-state index is 0.416. The van der Waals surface area contributed by atoms with E-state index in [-0.39, 0.29) is 0 Å². The van der Waals surface area contributed by atoms with E-state index >= 15 is 0 Å². The molecule has 0 aliphatic heterocycles. The second kappa shape index (κ2) is 9.45. The van der Waals surface area contributed by atoms with Crippen molar-refractivity contribution in [3.05, 3.63) is 54.1 Å². The number of rotatable bonds is 8. The summed E-state index contributed by atoms with van der Waals surface area (Å²) in [5.41, 5.74) is 7.99. The lowest BCUT2D eigenvalue weighted by Crippen LogP contribution is -2.22. The summed E-state index contributed by atoms with van der Waals surface area (Å²) in [5, 5.41) is 3.06. The molecule has 0 aromatic heterocycles. The highest BCUT2D eigenvalue weighted by Crippen LogP contribution is 2.14. The average Bonchev–Trinajstić information content (AvgIpc) is 2.60. The fourth-order valence-corrected chi connectivity index (χ4v) is 2.10. The van der Waals surface area contributed by atoms with Gasteiger partial charge < -0.3 is 20.5 Å². The normalized spacial score (nSPS) is 11.2. The third kappa shape index (κ3) is 6.20. The number of aryl methyl sites for hydroxylation is 1. The predicted octanol–water partition coefficient (Wildman–Crippen LogP) is 3.59. The largest absolute Gasteiger partial charge is 0.497 e. The Labute approximate surface area is 143 Å². The van der Waals surface area contributed by atoms with Gasteiger partial charge in [0.25, 0.3) is 0 Å². The van der Waals surface area contributed by atoms with Crippen LogP contribution in [0, 0.1) is 6.92 Å². The van der Waals surface area contributed by atoms with Gasteiger partial charge in [0.15, 0.2) is 5.96 Å². The van der Waals surface area contributed by atoms with Crippen LogP contribution in [0.15, 0.2) is 53.5 Å². The van der Waals surface area contributed by atoms with Crippen molar-refractivity contribution in [3.63, 3.8) is 0 Å². The van der Waals surface area contributed by atoms with Crippen LogP contribution in [0.3, 0.4) is 0 Å². The molecular weight excluding hydrogens is 302 g/mol. The predicted molar refractivity (Wildman–Crippen MR) is 99.0 cm³/mol. The van der Waals surface area contributed by atoms with Crippen molar-refractivity contribution < 1.29 is 9.47 Å². The van der Waals surface area contributed by atoms with E-state index in [0.29, 0.717) is 19.1 Å². The van der Waals surface area contributed by atoms with Crippen LogP contribution in [-0.2, 0) is 0 Å². The van der Waals surface area contributed by atoms with Gasteiger partial charge in [0, 0.05) is 12.2 Å². The third-order valence-corrected chi connectivity index (χ3v) is 3.49. The highest BCUT2D eigenvalue weighted by molar-refractivity contribution is 5.92. The van der Waals surface area contributed by atoms with Gasteiger partial charge in [-0.2, -0.15) is 0 Å². The third-order valence-electron chi connectivity index (χ3n) is 3.49. The molecule has 0 fully saturated rings. The topological polar surface area (TPSA) is 68.9 Å². The number of nitrogens with zero attached hydrogens (tertiary/aromatic N) is 1. The lowest BCUT2D eigenvalue weighted by atomic mass is 10.2. The molecular formula is C19H25N3O2. The number of guanidine groups is 1. The summed E-state index contributed by atoms with van der Waals surface area (Å²) in [6.45, 7) is 3.42. The maximum Gasteiger partial charge on any atom is 0.193 e. The van der Waals surface area contributed by atoms with Gasteiger partial charge in [-0.1, -0.05) is 17.7 Å². The lowest BCUT2D eigenvalue weighted by Gasteiger charge is -2.07. The van der Waals surface area contributed by atoms with Crippen molar-refractivity contribution in [2.75, 3.05) is 25.6 Å². The molecule has 0 amide bonds. The fourth-order valence-electron chi connectivity index (χ4n) is 2.10. The number of anilines is 1. The molecule has 0 atom stereocenters. The minimum Gasteiger partial charge on any atom is -0.497 e. The first-order valence-corrected chi connectivity index (χ1v) is 8.08. The van der Waals surface area contributed by atoms with Crippen molar-refractivity contribution in [3.8, 4) is 11.5 Å². The first-order chi connectivity index (χ1) is 11.7. The molecule has 3 N–H and O–H groups in total. The Balaban J connectivity index is 1.62. The SMILES string of the molecule is COc1ccc(NC(N)=NCCCCOc2ccc(C)cc2)cc1. The molecule has 2 aromatic rings. The number of hydrogen-bond donors (Lipinski definition) is 2. The van der Waals surface area contributed by atoms with E-state index in [4.69, 9.17) is 15.2 Å². The summed E-state index contributed by atoms with van der Waals surface area (Å²) < 4.78 is 10.8. The van der Waals surface area contributed by atoms with Gasteiger partial charge >= 0.3 is 0 Å². The highest BCUT2D eigenvalue weighted by atomic mass is 16.5. The summed E-state index contributed by atoms with van der Waals surface area (Å²) in [4.78, 5) is 4.31. The van der Waals surface area contributed by atoms with E-state index in [9.17, 15) is 0 Å². The quantitative estimate of drug-likeness (QED) is 0.442. The maximum atomic E-state index is 5.87. The Morgan fingerprint density at radius 1 is 1.00 bits per heavy atom. The van der Waals surface area contributed by atoms with Crippen LogP contribution in [-0.4, -0.2) is 26.2 Å².